The summed E-state index contributed by atoms with van der Waals surface area (Å²) in [7, 11) is 0. The molecule has 0 aromatic heterocycles. The van der Waals surface area contributed by atoms with Crippen LogP contribution >= 0.6 is 0 Å². The summed E-state index contributed by atoms with van der Waals surface area (Å²) in [6.45, 7) is 3.77. The summed E-state index contributed by atoms with van der Waals surface area (Å²) in [6.07, 6.45) is 9.76. The van der Waals surface area contributed by atoms with Gasteiger partial charge in [-0.05, 0) is 26.7 Å². The minimum Gasteiger partial charge on any atom is -0.389 e. The molecule has 1 N–H and O–H groups in total. The molecule has 0 fully saturated rings. The quantitative estimate of drug-likeness (QED) is 0.469. The van der Waals surface area contributed by atoms with Crippen molar-refractivity contribution in [1.29, 1.82) is 0 Å². The summed E-state index contributed by atoms with van der Waals surface area (Å²) in [6, 6.07) is 0. The zero-order valence-electron chi connectivity index (χ0n) is 6.75. The Morgan fingerprint density at radius 1 is 1.30 bits per heavy atom. The van der Waals surface area contributed by atoms with E-state index < -0.39 is 0 Å². The second-order valence-corrected chi connectivity index (χ2v) is 2.32. The molecule has 0 aliphatic rings. The van der Waals surface area contributed by atoms with E-state index in [9.17, 15) is 0 Å². The standard InChI is InChI=1S/C9H16O/c1-3-4-5-6-7-8-9(2)10/h3-4,7-10H,5-6H2,1-2H3. The van der Waals surface area contributed by atoms with Gasteiger partial charge < -0.3 is 5.11 Å². The summed E-state index contributed by atoms with van der Waals surface area (Å²) in [5, 5.41) is 8.80. The predicted octanol–water partition coefficient (Wildman–Crippen LogP) is 2.28. The van der Waals surface area contributed by atoms with Crippen molar-refractivity contribution >= 4 is 0 Å². The van der Waals surface area contributed by atoms with Crippen molar-refractivity contribution in [3.05, 3.63) is 24.3 Å². The fourth-order valence-corrected chi connectivity index (χ4v) is 0.652. The monoisotopic (exact) mass is 140 g/mol. The third-order valence-corrected chi connectivity index (χ3v) is 1.15. The highest BCUT2D eigenvalue weighted by Gasteiger charge is 1.82. The number of aliphatic hydroxyl groups is 1. The Bertz CT molecular complexity index is 112. The summed E-state index contributed by atoms with van der Waals surface area (Å²) >= 11 is 0. The Hall–Kier alpha value is -0.560. The van der Waals surface area contributed by atoms with Crippen LogP contribution in [0.4, 0.5) is 0 Å². The molecule has 1 atom stereocenters. The lowest BCUT2D eigenvalue weighted by atomic mass is 10.2. The van der Waals surface area contributed by atoms with E-state index in [1.54, 1.807) is 6.92 Å². The van der Waals surface area contributed by atoms with E-state index in [0.29, 0.717) is 0 Å². The molecule has 0 heterocycles. The van der Waals surface area contributed by atoms with Crippen LogP contribution in [0, 0.1) is 0 Å². The molecule has 0 aromatic rings. The van der Waals surface area contributed by atoms with Crippen LogP contribution in [-0.4, -0.2) is 11.2 Å². The zero-order valence-corrected chi connectivity index (χ0v) is 6.75. The lowest BCUT2D eigenvalue weighted by Crippen LogP contribution is -1.90. The highest BCUT2D eigenvalue weighted by Crippen LogP contribution is 1.93. The Kier molecular flexibility index (Phi) is 6.19. The SMILES string of the molecule is CC=CCCC=CC(C)O. The first-order valence-corrected chi connectivity index (χ1v) is 3.73. The Morgan fingerprint density at radius 2 is 1.90 bits per heavy atom. The van der Waals surface area contributed by atoms with Crippen LogP contribution in [-0.2, 0) is 0 Å². The molecule has 0 aliphatic carbocycles. The lowest BCUT2D eigenvalue weighted by molar-refractivity contribution is 0.244. The van der Waals surface area contributed by atoms with E-state index in [2.05, 4.69) is 6.08 Å². The molecule has 0 saturated heterocycles. The lowest BCUT2D eigenvalue weighted by Gasteiger charge is -1.91. The van der Waals surface area contributed by atoms with Gasteiger partial charge in [0.15, 0.2) is 0 Å². The van der Waals surface area contributed by atoms with Gasteiger partial charge in [0, 0.05) is 0 Å². The van der Waals surface area contributed by atoms with Crippen LogP contribution < -0.4 is 0 Å². The van der Waals surface area contributed by atoms with Gasteiger partial charge in [0.25, 0.3) is 0 Å². The summed E-state index contributed by atoms with van der Waals surface area (Å²) < 4.78 is 0. The van der Waals surface area contributed by atoms with Gasteiger partial charge in [-0.3, -0.25) is 0 Å². The molecule has 58 valence electrons. The fraction of sp³-hybridized carbons (Fsp3) is 0.556. The number of unbranched alkanes of at least 4 members (excludes halogenated alkanes) is 1. The Morgan fingerprint density at radius 3 is 2.40 bits per heavy atom. The van der Waals surface area contributed by atoms with Crippen LogP contribution in [0.25, 0.3) is 0 Å². The third kappa shape index (κ3) is 7.44. The smallest absolute Gasteiger partial charge is 0.0692 e. The van der Waals surface area contributed by atoms with E-state index in [0.717, 1.165) is 12.8 Å². The van der Waals surface area contributed by atoms with Crippen LogP contribution in [0.2, 0.25) is 0 Å². The summed E-state index contributed by atoms with van der Waals surface area (Å²) in [5.41, 5.74) is 0. The number of rotatable bonds is 4. The van der Waals surface area contributed by atoms with Gasteiger partial charge in [-0.1, -0.05) is 24.3 Å². The van der Waals surface area contributed by atoms with Gasteiger partial charge in [-0.15, -0.1) is 0 Å². The predicted molar refractivity (Wildman–Crippen MR) is 44.9 cm³/mol. The highest BCUT2D eigenvalue weighted by atomic mass is 16.3. The first kappa shape index (κ1) is 9.44. The molecule has 1 unspecified atom stereocenters. The van der Waals surface area contributed by atoms with Gasteiger partial charge in [-0.2, -0.15) is 0 Å². The first-order chi connectivity index (χ1) is 4.77. The second-order valence-electron chi connectivity index (χ2n) is 2.32. The van der Waals surface area contributed by atoms with Crippen molar-refractivity contribution in [3.63, 3.8) is 0 Å². The molecule has 1 nitrogen and oxygen atoms in total. The maximum Gasteiger partial charge on any atom is 0.0692 e. The molecule has 1 heteroatoms. The van der Waals surface area contributed by atoms with Crippen molar-refractivity contribution < 1.29 is 5.11 Å². The zero-order chi connectivity index (χ0) is 7.82. The van der Waals surface area contributed by atoms with Crippen LogP contribution in [0.5, 0.6) is 0 Å². The third-order valence-electron chi connectivity index (χ3n) is 1.15. The highest BCUT2D eigenvalue weighted by molar-refractivity contribution is 4.89. The minimum absolute atomic E-state index is 0.300. The van der Waals surface area contributed by atoms with Gasteiger partial charge >= 0.3 is 0 Å². The van der Waals surface area contributed by atoms with Crippen molar-refractivity contribution in [1.82, 2.24) is 0 Å². The molecule has 0 aromatic carbocycles. The van der Waals surface area contributed by atoms with E-state index in [-0.39, 0.29) is 6.10 Å². The van der Waals surface area contributed by atoms with Crippen molar-refractivity contribution in [2.75, 3.05) is 0 Å². The maximum absolute atomic E-state index is 8.80. The van der Waals surface area contributed by atoms with Gasteiger partial charge in [0.2, 0.25) is 0 Å². The number of hydrogen-bond acceptors (Lipinski definition) is 1. The van der Waals surface area contributed by atoms with Crippen molar-refractivity contribution in [2.24, 2.45) is 0 Å². The maximum atomic E-state index is 8.80. The normalized spacial score (nSPS) is 15.1. The van der Waals surface area contributed by atoms with E-state index >= 15 is 0 Å². The number of allylic oxidation sites excluding steroid dienone is 3. The van der Waals surface area contributed by atoms with E-state index in [1.165, 1.54) is 0 Å². The molecule has 10 heavy (non-hydrogen) atoms. The number of hydrogen-bond donors (Lipinski definition) is 1. The topological polar surface area (TPSA) is 20.2 Å². The van der Waals surface area contributed by atoms with Crippen LogP contribution in [0.15, 0.2) is 24.3 Å². The molecular weight excluding hydrogens is 124 g/mol. The fourth-order valence-electron chi connectivity index (χ4n) is 0.652. The van der Waals surface area contributed by atoms with Crippen molar-refractivity contribution in [3.8, 4) is 0 Å². The first-order valence-electron chi connectivity index (χ1n) is 3.73. The summed E-state index contributed by atoms with van der Waals surface area (Å²) in [4.78, 5) is 0. The molecule has 0 saturated carbocycles. The van der Waals surface area contributed by atoms with Crippen molar-refractivity contribution in [2.45, 2.75) is 32.8 Å². The van der Waals surface area contributed by atoms with Gasteiger partial charge in [0.1, 0.15) is 0 Å². The summed E-state index contributed by atoms with van der Waals surface area (Å²) in [5.74, 6) is 0. The molecule has 0 rings (SSSR count). The Balaban J connectivity index is 3.18. The average Bonchev–Trinajstić information content (AvgIpc) is 1.87. The van der Waals surface area contributed by atoms with E-state index in [4.69, 9.17) is 5.11 Å². The minimum atomic E-state index is -0.300. The molecule has 0 aliphatic heterocycles. The van der Waals surface area contributed by atoms with Gasteiger partial charge in [0.05, 0.1) is 6.10 Å². The largest absolute Gasteiger partial charge is 0.389 e. The molecule has 0 radical (unpaired) electrons. The average molecular weight is 140 g/mol. The number of aliphatic hydroxyl groups excluding tert-OH is 1. The van der Waals surface area contributed by atoms with Crippen LogP contribution in [0.3, 0.4) is 0 Å². The van der Waals surface area contributed by atoms with Crippen LogP contribution in [0.1, 0.15) is 26.7 Å². The molecule has 0 bridgehead atoms. The van der Waals surface area contributed by atoms with Gasteiger partial charge in [-0.25, -0.2) is 0 Å². The molecular formula is C9H16O. The van der Waals surface area contributed by atoms with E-state index in [1.807, 2.05) is 25.2 Å². The Labute approximate surface area is 63.1 Å². The molecule has 0 amide bonds. The second kappa shape index (κ2) is 6.56. The molecule has 0 spiro atoms.